The summed E-state index contributed by atoms with van der Waals surface area (Å²) < 4.78 is 5.91. The molecule has 3 aliphatic heterocycles. The van der Waals surface area contributed by atoms with Crippen LogP contribution in [0.3, 0.4) is 0 Å². The van der Waals surface area contributed by atoms with Crippen LogP contribution in [0.25, 0.3) is 0 Å². The molecule has 3 heterocycles. The summed E-state index contributed by atoms with van der Waals surface area (Å²) in [6.07, 6.45) is 6.54. The topological polar surface area (TPSA) is 69.7 Å². The van der Waals surface area contributed by atoms with Crippen LogP contribution in [0.5, 0.6) is 0 Å². The Bertz CT molecular complexity index is 654. The quantitative estimate of drug-likeness (QED) is 0.716. The summed E-state index contributed by atoms with van der Waals surface area (Å²) in [5.74, 6) is -1.40. The first kappa shape index (κ1) is 15.9. The second-order valence-corrected chi connectivity index (χ2v) is 8.16. The summed E-state index contributed by atoms with van der Waals surface area (Å²) in [7, 11) is 0. The number of carboxylic acid groups (broad SMARTS) is 1. The van der Waals surface area contributed by atoms with Crippen LogP contribution >= 0.6 is 0 Å². The third-order valence-electron chi connectivity index (χ3n) is 6.48. The molecule has 0 aromatic rings. The molecule has 0 aromatic carbocycles. The molecule has 7 atom stereocenters. The number of nitrogens with zero attached hydrogens (tertiary/aromatic N) is 1. The molecule has 1 spiro atoms. The van der Waals surface area contributed by atoms with Gasteiger partial charge in [-0.25, -0.2) is 0 Å². The lowest BCUT2D eigenvalue weighted by molar-refractivity contribution is -0.313. The molecule has 1 aliphatic carbocycles. The van der Waals surface area contributed by atoms with Crippen LogP contribution in [0.4, 0.5) is 0 Å². The van der Waals surface area contributed by atoms with Crippen LogP contribution in [0, 0.1) is 29.6 Å². The Morgan fingerprint density at radius 2 is 2.21 bits per heavy atom. The van der Waals surface area contributed by atoms with Gasteiger partial charge in [-0.3, -0.25) is 4.79 Å². The van der Waals surface area contributed by atoms with Gasteiger partial charge in [0, 0.05) is 18.4 Å². The number of hydrogen-bond acceptors (Lipinski definition) is 4. The van der Waals surface area contributed by atoms with Crippen molar-refractivity contribution in [1.82, 2.24) is 4.90 Å². The van der Waals surface area contributed by atoms with E-state index in [1.807, 2.05) is 11.0 Å². The number of carbonyl (C=O) groups is 2. The molecule has 2 saturated heterocycles. The van der Waals surface area contributed by atoms with Gasteiger partial charge in [0.1, 0.15) is 5.60 Å². The first-order valence-corrected chi connectivity index (χ1v) is 8.86. The van der Waals surface area contributed by atoms with Crippen molar-refractivity contribution in [3.8, 4) is 0 Å². The minimum Gasteiger partial charge on any atom is -0.550 e. The molecule has 1 amide bonds. The lowest BCUT2D eigenvalue weighted by atomic mass is 9.75. The number of aliphatic carboxylic acids is 1. The minimum absolute atomic E-state index is 0.0817. The zero-order valence-corrected chi connectivity index (χ0v) is 14.4. The molecule has 0 radical (unpaired) electrons. The van der Waals surface area contributed by atoms with Crippen LogP contribution < -0.4 is 5.11 Å². The van der Waals surface area contributed by atoms with Crippen molar-refractivity contribution in [3.63, 3.8) is 0 Å². The monoisotopic (exact) mass is 330 g/mol. The largest absolute Gasteiger partial charge is 0.550 e. The second kappa shape index (κ2) is 5.19. The highest BCUT2D eigenvalue weighted by atomic mass is 16.5. The Hall–Kier alpha value is -1.62. The van der Waals surface area contributed by atoms with Crippen molar-refractivity contribution < 1.29 is 19.4 Å². The molecular formula is C19H24NO4-. The van der Waals surface area contributed by atoms with Crippen molar-refractivity contribution in [2.45, 2.75) is 38.9 Å². The number of carbonyl (C=O) groups excluding carboxylic acids is 2. The highest BCUT2D eigenvalue weighted by Crippen LogP contribution is 2.52. The summed E-state index contributed by atoms with van der Waals surface area (Å²) in [6, 6.07) is 0. The number of rotatable bonds is 3. The van der Waals surface area contributed by atoms with Gasteiger partial charge in [0.05, 0.1) is 18.6 Å². The average Bonchev–Trinajstić information content (AvgIpc) is 3.11. The normalized spacial score (nSPS) is 46.4. The summed E-state index contributed by atoms with van der Waals surface area (Å²) in [5.41, 5.74) is 0.663. The maximum Gasteiger partial charge on any atom is 0.229 e. The van der Waals surface area contributed by atoms with Gasteiger partial charge in [-0.1, -0.05) is 37.6 Å². The van der Waals surface area contributed by atoms with Crippen molar-refractivity contribution in [3.05, 3.63) is 23.8 Å². The maximum absolute atomic E-state index is 12.9. The molecule has 5 heteroatoms. The van der Waals surface area contributed by atoms with E-state index in [1.165, 1.54) is 5.57 Å². The minimum atomic E-state index is -1.18. The van der Waals surface area contributed by atoms with Gasteiger partial charge in [0.25, 0.3) is 0 Å². The molecule has 130 valence electrons. The first-order valence-electron chi connectivity index (χ1n) is 8.86. The van der Waals surface area contributed by atoms with Gasteiger partial charge < -0.3 is 19.5 Å². The van der Waals surface area contributed by atoms with Gasteiger partial charge in [-0.15, -0.1) is 0 Å². The van der Waals surface area contributed by atoms with Crippen LogP contribution in [-0.4, -0.2) is 41.6 Å². The maximum atomic E-state index is 12.9. The molecule has 4 aliphatic rings. The van der Waals surface area contributed by atoms with E-state index in [-0.39, 0.29) is 5.91 Å². The second-order valence-electron chi connectivity index (χ2n) is 8.16. The highest BCUT2D eigenvalue weighted by molar-refractivity contribution is 5.90. The predicted molar refractivity (Wildman–Crippen MR) is 85.5 cm³/mol. The van der Waals surface area contributed by atoms with Crippen molar-refractivity contribution in [2.24, 2.45) is 29.6 Å². The van der Waals surface area contributed by atoms with Gasteiger partial charge in [0.2, 0.25) is 5.91 Å². The van der Waals surface area contributed by atoms with Crippen molar-refractivity contribution in [2.75, 3.05) is 13.1 Å². The van der Waals surface area contributed by atoms with E-state index >= 15 is 0 Å². The number of fused-ring (bicyclic) bond motifs is 1. The number of ether oxygens (including phenoxy) is 1. The fraction of sp³-hybridized carbons (Fsp3) is 0.684. The lowest BCUT2D eigenvalue weighted by Gasteiger charge is -2.36. The molecule has 4 rings (SSSR count). The van der Waals surface area contributed by atoms with Gasteiger partial charge in [-0.05, 0) is 31.1 Å². The molecule has 0 saturated carbocycles. The Labute approximate surface area is 142 Å². The molecule has 2 bridgehead atoms. The zero-order chi connectivity index (χ0) is 17.2. The smallest absolute Gasteiger partial charge is 0.229 e. The summed E-state index contributed by atoms with van der Waals surface area (Å²) >= 11 is 0. The third kappa shape index (κ3) is 2.10. The Balaban J connectivity index is 1.56. The molecular weight excluding hydrogens is 306 g/mol. The molecule has 24 heavy (non-hydrogen) atoms. The van der Waals surface area contributed by atoms with E-state index in [1.54, 1.807) is 6.08 Å². The molecule has 0 aromatic heterocycles. The summed E-state index contributed by atoms with van der Waals surface area (Å²) in [5, 5.41) is 11.5. The van der Waals surface area contributed by atoms with Gasteiger partial charge in [-0.2, -0.15) is 0 Å². The number of carboxylic acids is 1. The average molecular weight is 330 g/mol. The Kier molecular flexibility index (Phi) is 3.43. The Morgan fingerprint density at radius 1 is 1.46 bits per heavy atom. The fourth-order valence-electron chi connectivity index (χ4n) is 5.42. The molecule has 0 N–H and O–H groups in total. The van der Waals surface area contributed by atoms with E-state index in [0.29, 0.717) is 30.8 Å². The Morgan fingerprint density at radius 3 is 2.88 bits per heavy atom. The molecule has 2 fully saturated rings. The van der Waals surface area contributed by atoms with Crippen LogP contribution in [-0.2, 0) is 14.3 Å². The van der Waals surface area contributed by atoms with Gasteiger partial charge in [0.15, 0.2) is 0 Å². The van der Waals surface area contributed by atoms with E-state index in [2.05, 4.69) is 26.8 Å². The SMILES string of the molecule is CC1=C[C@@H](C)[C@H](CN2C[C@@]34C=C[C@@H](O3)[C@H](C(=O)[O-])[C@H]4C2=O)[C@@H](C)C1. The predicted octanol–water partition coefficient (Wildman–Crippen LogP) is 0.757. The zero-order valence-electron chi connectivity index (χ0n) is 14.4. The fourth-order valence-corrected chi connectivity index (χ4v) is 5.42. The summed E-state index contributed by atoms with van der Waals surface area (Å²) in [6.45, 7) is 7.74. The highest BCUT2D eigenvalue weighted by Gasteiger charge is 2.65. The van der Waals surface area contributed by atoms with Crippen molar-refractivity contribution >= 4 is 11.9 Å². The van der Waals surface area contributed by atoms with E-state index in [9.17, 15) is 14.7 Å². The molecule has 5 nitrogen and oxygen atoms in total. The first-order chi connectivity index (χ1) is 11.3. The number of hydrogen-bond donors (Lipinski definition) is 0. The van der Waals surface area contributed by atoms with E-state index < -0.39 is 29.5 Å². The number of likely N-dealkylation sites (tertiary alicyclic amines) is 1. The van der Waals surface area contributed by atoms with E-state index in [0.717, 1.165) is 6.42 Å². The third-order valence-corrected chi connectivity index (χ3v) is 6.48. The van der Waals surface area contributed by atoms with E-state index in [4.69, 9.17) is 4.74 Å². The summed E-state index contributed by atoms with van der Waals surface area (Å²) in [4.78, 5) is 26.3. The number of allylic oxidation sites excluding steroid dienone is 2. The lowest BCUT2D eigenvalue weighted by Crippen LogP contribution is -2.45. The van der Waals surface area contributed by atoms with Gasteiger partial charge >= 0.3 is 0 Å². The van der Waals surface area contributed by atoms with Crippen LogP contribution in [0.2, 0.25) is 0 Å². The van der Waals surface area contributed by atoms with Crippen molar-refractivity contribution in [1.29, 1.82) is 0 Å². The standard InChI is InChI=1S/C19H25NO4/c1-10-6-11(2)13(12(3)7-10)8-20-9-19-5-4-14(24-19)15(18(22)23)16(19)17(20)21/h4-6,11-16H,7-9H2,1-3H3,(H,22,23)/p-1/t11-,12+,13+,14-,15+,16+,19-/m1/s1. The number of amides is 1. The molecule has 0 unspecified atom stereocenters. The van der Waals surface area contributed by atoms with Crippen LogP contribution in [0.15, 0.2) is 23.8 Å². The van der Waals surface area contributed by atoms with Crippen LogP contribution in [0.1, 0.15) is 27.2 Å².